The predicted molar refractivity (Wildman–Crippen MR) is 119 cm³/mol. The van der Waals surface area contributed by atoms with Gasteiger partial charge < -0.3 is 4.42 Å². The number of nitrogens with zero attached hydrogens (tertiary/aromatic N) is 1. The Balaban J connectivity index is 1.58. The van der Waals surface area contributed by atoms with Crippen molar-refractivity contribution < 1.29 is 13.4 Å². The lowest BCUT2D eigenvalue weighted by atomic mass is 10.1. The van der Waals surface area contributed by atoms with Gasteiger partial charge in [0.25, 0.3) is 5.01 Å². The molecule has 0 bridgehead atoms. The molecule has 0 saturated heterocycles. The maximum absolute atomic E-state index is 13.3. The minimum absolute atomic E-state index is 0.0562. The van der Waals surface area contributed by atoms with Crippen LogP contribution in [0.5, 0.6) is 0 Å². The summed E-state index contributed by atoms with van der Waals surface area (Å²) >= 11 is 1.64. The maximum atomic E-state index is 13.3. The van der Waals surface area contributed by atoms with Crippen molar-refractivity contribution in [3.8, 4) is 0 Å². The number of rotatable bonds is 4. The molecule has 0 unspecified atom stereocenters. The first-order chi connectivity index (χ1) is 14.7. The molecule has 5 heteroatoms. The second kappa shape index (κ2) is 7.69. The summed E-state index contributed by atoms with van der Waals surface area (Å²) in [4.78, 5) is 12.8. The van der Waals surface area contributed by atoms with Crippen LogP contribution in [0.4, 0.5) is 4.39 Å². The fourth-order valence-electron chi connectivity index (χ4n) is 3.48. The summed E-state index contributed by atoms with van der Waals surface area (Å²) in [5, 5.41) is 1.56. The van der Waals surface area contributed by atoms with Crippen molar-refractivity contribution in [3.63, 3.8) is 0 Å². The van der Waals surface area contributed by atoms with Crippen molar-refractivity contribution >= 4 is 44.7 Å². The first-order valence-electron chi connectivity index (χ1n) is 9.53. The summed E-state index contributed by atoms with van der Waals surface area (Å²) in [6.07, 6.45) is 5.23. The molecule has 2 aromatic heterocycles. The van der Waals surface area contributed by atoms with Crippen molar-refractivity contribution in [3.05, 3.63) is 111 Å². The van der Waals surface area contributed by atoms with Crippen molar-refractivity contribution in [2.24, 2.45) is 0 Å². The molecule has 0 radical (unpaired) electrons. The zero-order valence-corrected chi connectivity index (χ0v) is 16.7. The quantitative estimate of drug-likeness (QED) is 0.356. The van der Waals surface area contributed by atoms with Crippen LogP contribution in [0.15, 0.2) is 88.3 Å². The van der Waals surface area contributed by atoms with Gasteiger partial charge in [0, 0.05) is 17.7 Å². The van der Waals surface area contributed by atoms with Gasteiger partial charge in [-0.25, -0.2) is 4.39 Å². The maximum Gasteiger partial charge on any atom is 0.263 e. The summed E-state index contributed by atoms with van der Waals surface area (Å²) in [5.74, 6) is -0.248. The number of hydrogen-bond donors (Lipinski definition) is 0. The highest BCUT2D eigenvalue weighted by Gasteiger charge is 2.19. The molecule has 0 N–H and O–H groups in total. The van der Waals surface area contributed by atoms with E-state index in [4.69, 9.17) is 4.42 Å². The van der Waals surface area contributed by atoms with Crippen LogP contribution in [0.3, 0.4) is 0 Å². The Labute approximate surface area is 176 Å². The first kappa shape index (κ1) is 18.5. The van der Waals surface area contributed by atoms with Gasteiger partial charge in [-0.3, -0.25) is 4.79 Å². The first-order valence-corrected chi connectivity index (χ1v) is 10.4. The van der Waals surface area contributed by atoms with Crippen LogP contribution >= 0.6 is 11.3 Å². The normalized spacial score (nSPS) is 11.6. The number of fused-ring (bicyclic) bond motifs is 2. The second-order valence-electron chi connectivity index (χ2n) is 6.97. The third-order valence-corrected chi connectivity index (χ3v) is 6.13. The van der Waals surface area contributed by atoms with Crippen LogP contribution in [0, 0.1) is 5.82 Å². The largest absolute Gasteiger partial charge is 0.463 e. The summed E-state index contributed by atoms with van der Waals surface area (Å²) in [6, 6.07) is 21.9. The average molecular weight is 414 g/mol. The molecule has 2 heterocycles. The summed E-state index contributed by atoms with van der Waals surface area (Å²) in [5.41, 5.74) is 3.12. The lowest BCUT2D eigenvalue weighted by molar-refractivity contribution is -0.659. The highest BCUT2D eigenvalue weighted by Crippen LogP contribution is 2.23. The van der Waals surface area contributed by atoms with E-state index in [1.54, 1.807) is 41.7 Å². The Bertz CT molecular complexity index is 1450. The van der Waals surface area contributed by atoms with Gasteiger partial charge in [0.1, 0.15) is 22.4 Å². The van der Waals surface area contributed by atoms with E-state index in [1.165, 1.54) is 18.4 Å². The molecule has 5 aromatic rings. The molecule has 0 aliphatic carbocycles. The molecule has 146 valence electrons. The van der Waals surface area contributed by atoms with Crippen LogP contribution in [0.2, 0.25) is 0 Å². The number of hydrogen-bond acceptors (Lipinski definition) is 3. The van der Waals surface area contributed by atoms with Gasteiger partial charge in [0.15, 0.2) is 12.0 Å². The predicted octanol–water partition coefficient (Wildman–Crippen LogP) is 5.65. The smallest absolute Gasteiger partial charge is 0.263 e. The Morgan fingerprint density at radius 2 is 1.70 bits per heavy atom. The van der Waals surface area contributed by atoms with E-state index in [0.717, 1.165) is 20.8 Å². The molecule has 0 fully saturated rings. The van der Waals surface area contributed by atoms with Crippen LogP contribution in [-0.2, 0) is 6.54 Å². The SMILES string of the molecule is O=c1c(/C=C/c2sc3ccccc3[n+]2Cc2ccc(F)cc2)coc2ccccc12. The van der Waals surface area contributed by atoms with Crippen molar-refractivity contribution in [2.75, 3.05) is 0 Å². The lowest BCUT2D eigenvalue weighted by Gasteiger charge is -1.99. The Morgan fingerprint density at radius 1 is 0.933 bits per heavy atom. The monoisotopic (exact) mass is 414 g/mol. The van der Waals surface area contributed by atoms with E-state index in [1.807, 2.05) is 30.3 Å². The third-order valence-electron chi connectivity index (χ3n) is 5.00. The van der Waals surface area contributed by atoms with E-state index >= 15 is 0 Å². The fourth-order valence-corrected chi connectivity index (χ4v) is 4.55. The van der Waals surface area contributed by atoms with Gasteiger partial charge in [0.2, 0.25) is 5.52 Å². The molecule has 0 aliphatic rings. The molecule has 0 atom stereocenters. The number of benzene rings is 3. The minimum atomic E-state index is -0.248. The highest BCUT2D eigenvalue weighted by molar-refractivity contribution is 7.18. The van der Waals surface area contributed by atoms with Gasteiger partial charge in [-0.1, -0.05) is 35.6 Å². The van der Waals surface area contributed by atoms with Gasteiger partial charge >= 0.3 is 0 Å². The van der Waals surface area contributed by atoms with Crippen LogP contribution in [-0.4, -0.2) is 0 Å². The van der Waals surface area contributed by atoms with Crippen molar-refractivity contribution in [2.45, 2.75) is 6.54 Å². The Kier molecular flexibility index (Phi) is 4.73. The van der Waals surface area contributed by atoms with Gasteiger partial charge in [-0.05, 0) is 48.5 Å². The molecule has 0 saturated carbocycles. The van der Waals surface area contributed by atoms with Crippen molar-refractivity contribution in [1.82, 2.24) is 0 Å². The van der Waals surface area contributed by atoms with Crippen LogP contribution in [0.1, 0.15) is 16.1 Å². The van der Waals surface area contributed by atoms with E-state index in [2.05, 4.69) is 16.7 Å². The standard InChI is InChI=1S/C25H17FNO2S/c26-19-12-9-17(10-13-19)15-27-21-6-2-4-8-23(21)30-24(27)14-11-18-16-29-22-7-3-1-5-20(22)25(18)28/h1-14,16H,15H2/q+1/b14-11+. The van der Waals surface area contributed by atoms with E-state index in [0.29, 0.717) is 23.1 Å². The molecule has 3 aromatic carbocycles. The Morgan fingerprint density at radius 3 is 2.57 bits per heavy atom. The van der Waals surface area contributed by atoms with Crippen LogP contribution in [0.25, 0.3) is 33.3 Å². The number of thiazole rings is 1. The second-order valence-corrected chi connectivity index (χ2v) is 8.03. The molecule has 0 amide bonds. The van der Waals surface area contributed by atoms with Crippen LogP contribution < -0.4 is 10.00 Å². The Hall–Kier alpha value is -3.57. The molecule has 30 heavy (non-hydrogen) atoms. The van der Waals surface area contributed by atoms with E-state index < -0.39 is 0 Å². The van der Waals surface area contributed by atoms with Gasteiger partial charge in [-0.2, -0.15) is 4.57 Å². The zero-order chi connectivity index (χ0) is 20.5. The summed E-state index contributed by atoms with van der Waals surface area (Å²) in [7, 11) is 0. The molecule has 5 rings (SSSR count). The number of aromatic nitrogens is 1. The van der Waals surface area contributed by atoms with E-state index in [-0.39, 0.29) is 11.2 Å². The summed E-state index contributed by atoms with van der Waals surface area (Å²) < 4.78 is 22.2. The summed E-state index contributed by atoms with van der Waals surface area (Å²) in [6.45, 7) is 0.607. The lowest BCUT2D eigenvalue weighted by Crippen LogP contribution is -2.35. The molecule has 0 spiro atoms. The highest BCUT2D eigenvalue weighted by atomic mass is 32.1. The molecular weight excluding hydrogens is 397 g/mol. The van der Waals surface area contributed by atoms with Gasteiger partial charge in [-0.15, -0.1) is 0 Å². The number of halogens is 1. The number of para-hydroxylation sites is 2. The molecular formula is C25H17FNO2S+. The topological polar surface area (TPSA) is 34.1 Å². The molecule has 0 aliphatic heterocycles. The fraction of sp³-hybridized carbons (Fsp3) is 0.0400. The molecule has 3 nitrogen and oxygen atoms in total. The minimum Gasteiger partial charge on any atom is -0.463 e. The van der Waals surface area contributed by atoms with Crippen molar-refractivity contribution in [1.29, 1.82) is 0 Å². The average Bonchev–Trinajstić information content (AvgIpc) is 3.12. The zero-order valence-electron chi connectivity index (χ0n) is 15.9. The van der Waals surface area contributed by atoms with E-state index in [9.17, 15) is 9.18 Å². The van der Waals surface area contributed by atoms with Gasteiger partial charge in [0.05, 0.1) is 10.9 Å². The third kappa shape index (κ3) is 3.44.